The van der Waals surface area contributed by atoms with Crippen molar-refractivity contribution in [3.05, 3.63) is 11.6 Å². The summed E-state index contributed by atoms with van der Waals surface area (Å²) in [6, 6.07) is 0. The smallest absolute Gasteiger partial charge is 0.192 e. The van der Waals surface area contributed by atoms with Gasteiger partial charge in [0.05, 0.1) is 18.8 Å². The Morgan fingerprint density at radius 3 is 1.79 bits per heavy atom. The van der Waals surface area contributed by atoms with Crippen molar-refractivity contribution in [2.45, 2.75) is 196 Å². The Balaban J connectivity index is 1.51. The van der Waals surface area contributed by atoms with E-state index in [1.807, 2.05) is 5.57 Å². The Kier molecular flexibility index (Phi) is 9.19. The second kappa shape index (κ2) is 11.3. The monoisotopic (exact) mass is 687 g/mol. The molecule has 0 aliphatic heterocycles. The van der Waals surface area contributed by atoms with Gasteiger partial charge in [0, 0.05) is 5.41 Å². The van der Waals surface area contributed by atoms with Crippen LogP contribution in [0.4, 0.5) is 0 Å². The fraction of sp³-hybridized carbons (Fsp3) is 0.952. The Bertz CT molecular complexity index is 1240. The van der Waals surface area contributed by atoms with Crippen molar-refractivity contribution in [3.63, 3.8) is 0 Å². The van der Waals surface area contributed by atoms with E-state index in [1.54, 1.807) is 0 Å². The molecule has 47 heavy (non-hydrogen) atoms. The maximum absolute atomic E-state index is 11.2. The fourth-order valence-corrected chi connectivity index (χ4v) is 15.0. The van der Waals surface area contributed by atoms with Gasteiger partial charge in [-0.3, -0.25) is 0 Å². The van der Waals surface area contributed by atoms with Crippen molar-refractivity contribution >= 4 is 16.6 Å². The first-order chi connectivity index (χ1) is 21.0. The van der Waals surface area contributed by atoms with Crippen LogP contribution in [0.5, 0.6) is 0 Å². The van der Waals surface area contributed by atoms with E-state index >= 15 is 0 Å². The molecule has 5 aliphatic rings. The van der Waals surface area contributed by atoms with E-state index in [1.165, 1.54) is 51.4 Å². The summed E-state index contributed by atoms with van der Waals surface area (Å²) in [5.74, 6) is 1.73. The molecule has 4 saturated carbocycles. The molecule has 0 spiro atoms. The van der Waals surface area contributed by atoms with Crippen LogP contribution in [0.1, 0.15) is 148 Å². The van der Waals surface area contributed by atoms with Gasteiger partial charge >= 0.3 is 0 Å². The predicted molar refractivity (Wildman–Crippen MR) is 206 cm³/mol. The van der Waals surface area contributed by atoms with Gasteiger partial charge in [0.1, 0.15) is 0 Å². The van der Waals surface area contributed by atoms with Gasteiger partial charge in [0.2, 0.25) is 0 Å². The second-order valence-electron chi connectivity index (χ2n) is 22.9. The van der Waals surface area contributed by atoms with Crippen LogP contribution in [0.15, 0.2) is 11.6 Å². The number of hydrogen-bond donors (Lipinski definition) is 1. The van der Waals surface area contributed by atoms with Crippen LogP contribution in [0.25, 0.3) is 0 Å². The van der Waals surface area contributed by atoms with E-state index < -0.39 is 16.6 Å². The summed E-state index contributed by atoms with van der Waals surface area (Å²) in [4.78, 5) is 0. The average Bonchev–Trinajstić information content (AvgIpc) is 2.90. The summed E-state index contributed by atoms with van der Waals surface area (Å²) in [5.41, 5.74) is 2.80. The van der Waals surface area contributed by atoms with Gasteiger partial charge in [-0.2, -0.15) is 0 Å². The Hall–Kier alpha value is 0.0538. The highest BCUT2D eigenvalue weighted by molar-refractivity contribution is 6.74. The summed E-state index contributed by atoms with van der Waals surface area (Å²) >= 11 is 0. The minimum Gasteiger partial charge on any atom is -0.413 e. The van der Waals surface area contributed by atoms with Crippen molar-refractivity contribution < 1.29 is 14.0 Å². The average molecular weight is 687 g/mol. The number of fused-ring (bicyclic) bond motifs is 7. The largest absolute Gasteiger partial charge is 0.413 e. The van der Waals surface area contributed by atoms with Crippen LogP contribution in [0.3, 0.4) is 0 Å². The first kappa shape index (κ1) is 38.3. The number of aliphatic hydroxyl groups excluding tert-OH is 1. The van der Waals surface area contributed by atoms with Gasteiger partial charge in [-0.1, -0.05) is 102 Å². The predicted octanol–water partition coefficient (Wildman–Crippen LogP) is 12.2. The van der Waals surface area contributed by atoms with Gasteiger partial charge in [0.15, 0.2) is 16.6 Å². The van der Waals surface area contributed by atoms with Crippen molar-refractivity contribution in [1.82, 2.24) is 0 Å². The van der Waals surface area contributed by atoms with Crippen LogP contribution in [-0.4, -0.2) is 40.6 Å². The zero-order valence-electron chi connectivity index (χ0n) is 34.3. The summed E-state index contributed by atoms with van der Waals surface area (Å²) in [5, 5.41) is 11.6. The van der Waals surface area contributed by atoms with Gasteiger partial charge in [0.25, 0.3) is 0 Å². The van der Waals surface area contributed by atoms with Crippen LogP contribution < -0.4 is 0 Å². The molecule has 1 unspecified atom stereocenters. The molecule has 4 fully saturated rings. The molecule has 0 saturated heterocycles. The minimum absolute atomic E-state index is 0.152. The van der Waals surface area contributed by atoms with Crippen LogP contribution in [0, 0.1) is 50.2 Å². The summed E-state index contributed by atoms with van der Waals surface area (Å²) in [6.07, 6.45) is 14.3. The van der Waals surface area contributed by atoms with E-state index in [0.717, 1.165) is 6.42 Å². The van der Waals surface area contributed by atoms with Crippen LogP contribution >= 0.6 is 0 Å². The van der Waals surface area contributed by atoms with Gasteiger partial charge in [-0.05, 0) is 139 Å². The standard InChI is InChI=1S/C42H78O3Si2/c1-35(2,3)46(14,15)44-33-21-22-39(10)31(40(33,11)28-43)20-23-42(13)32(39)19-18-29-30-26-37(7,8)27-34(45-47(16,17)36(4,5)6)38(30,9)24-25-41(29,42)12/h18,30-34,43H,19-28H2,1-17H3/t30-,31?,32+,33-,34+,38+,39-,40+,41+,42+/m0/s1. The van der Waals surface area contributed by atoms with Crippen LogP contribution in [0.2, 0.25) is 36.3 Å². The molecule has 272 valence electrons. The van der Waals surface area contributed by atoms with E-state index in [9.17, 15) is 5.11 Å². The molecule has 3 nitrogen and oxygen atoms in total. The summed E-state index contributed by atoms with van der Waals surface area (Å²) in [6.45, 7) is 42.4. The molecule has 0 aromatic rings. The Morgan fingerprint density at radius 2 is 1.26 bits per heavy atom. The van der Waals surface area contributed by atoms with E-state index in [4.69, 9.17) is 8.85 Å². The lowest BCUT2D eigenvalue weighted by Gasteiger charge is -2.72. The first-order valence-corrected chi connectivity index (χ1v) is 25.5. The lowest BCUT2D eigenvalue weighted by Crippen LogP contribution is -2.67. The Labute approximate surface area is 294 Å². The highest BCUT2D eigenvalue weighted by Gasteiger charge is 2.70. The van der Waals surface area contributed by atoms with E-state index in [2.05, 4.69) is 122 Å². The highest BCUT2D eigenvalue weighted by Crippen LogP contribution is 2.76. The fourth-order valence-electron chi connectivity index (χ4n) is 12.1. The topological polar surface area (TPSA) is 38.7 Å². The van der Waals surface area contributed by atoms with E-state index in [-0.39, 0.29) is 55.3 Å². The summed E-state index contributed by atoms with van der Waals surface area (Å²) < 4.78 is 14.7. The molecule has 5 heteroatoms. The quantitative estimate of drug-likeness (QED) is 0.231. The molecule has 0 bridgehead atoms. The SMILES string of the molecule is CC1(C)C[C@@H](O[Si](C)(C)C(C)(C)C)[C@]2(C)CC[C@]3(C)C(=CC[C@@H]4[C@@]5(C)CC[C@H](O[Si](C)(C)C(C)(C)C)[C@](C)(CO)C5CC[C@]43C)[C@@H]2C1. The zero-order chi connectivity index (χ0) is 35.7. The normalized spacial score (nSPS) is 45.7. The number of hydrogen-bond acceptors (Lipinski definition) is 3. The molecule has 0 radical (unpaired) electrons. The third-order valence-electron chi connectivity index (χ3n) is 17.7. The molecular weight excluding hydrogens is 609 g/mol. The maximum atomic E-state index is 11.2. The molecule has 0 heterocycles. The molecule has 10 atom stereocenters. The first-order valence-electron chi connectivity index (χ1n) is 19.7. The van der Waals surface area contributed by atoms with Crippen molar-refractivity contribution in [3.8, 4) is 0 Å². The minimum atomic E-state index is -1.96. The molecule has 5 rings (SSSR count). The number of allylic oxidation sites excluding steroid dienone is 2. The van der Waals surface area contributed by atoms with E-state index in [0.29, 0.717) is 23.9 Å². The van der Waals surface area contributed by atoms with Crippen LogP contribution in [-0.2, 0) is 8.85 Å². The van der Waals surface area contributed by atoms with Crippen molar-refractivity contribution in [2.75, 3.05) is 6.61 Å². The summed E-state index contributed by atoms with van der Waals surface area (Å²) in [7, 11) is -3.87. The van der Waals surface area contributed by atoms with Gasteiger partial charge < -0.3 is 14.0 Å². The molecule has 0 aromatic heterocycles. The third kappa shape index (κ3) is 5.62. The lowest BCUT2D eigenvalue weighted by atomic mass is 9.33. The zero-order valence-corrected chi connectivity index (χ0v) is 36.3. The molecule has 5 aliphatic carbocycles. The lowest BCUT2D eigenvalue weighted by molar-refractivity contribution is -0.215. The highest BCUT2D eigenvalue weighted by atomic mass is 28.4. The second-order valence-corrected chi connectivity index (χ2v) is 32.4. The molecule has 1 N–H and O–H groups in total. The number of aliphatic hydroxyl groups is 1. The third-order valence-corrected chi connectivity index (χ3v) is 26.6. The number of rotatable bonds is 5. The molecular formula is C42H78O3Si2. The molecule has 0 amide bonds. The Morgan fingerprint density at radius 1 is 0.702 bits per heavy atom. The van der Waals surface area contributed by atoms with Gasteiger partial charge in [-0.15, -0.1) is 0 Å². The van der Waals surface area contributed by atoms with Crippen molar-refractivity contribution in [2.24, 2.45) is 50.2 Å². The van der Waals surface area contributed by atoms with Gasteiger partial charge in [-0.25, -0.2) is 0 Å². The van der Waals surface area contributed by atoms with Crippen molar-refractivity contribution in [1.29, 1.82) is 0 Å². The molecule has 0 aromatic carbocycles. The maximum Gasteiger partial charge on any atom is 0.192 e.